The molecule has 1 aromatic heterocycles. The lowest BCUT2D eigenvalue weighted by Crippen LogP contribution is -2.36. The molecule has 0 radical (unpaired) electrons. The molecule has 1 aliphatic heterocycles. The summed E-state index contributed by atoms with van der Waals surface area (Å²) in [6.45, 7) is 9.41. The molecule has 1 aromatic rings. The quantitative estimate of drug-likeness (QED) is 0.764. The molecule has 0 saturated carbocycles. The summed E-state index contributed by atoms with van der Waals surface area (Å²) in [5.41, 5.74) is 0. The van der Waals surface area contributed by atoms with E-state index in [1.54, 1.807) is 11.3 Å². The molecule has 0 N–H and O–H groups in total. The first-order valence-electron chi connectivity index (χ1n) is 5.23. The first-order valence-corrected chi connectivity index (χ1v) is 6.42. The number of halogens is 1. The van der Waals surface area contributed by atoms with Crippen molar-refractivity contribution in [3.8, 4) is 0 Å². The minimum atomic E-state index is 0.631. The fourth-order valence-corrected chi connectivity index (χ4v) is 2.35. The summed E-state index contributed by atoms with van der Waals surface area (Å²) in [4.78, 5) is 7.59. The van der Waals surface area contributed by atoms with E-state index in [1.807, 2.05) is 20.8 Å². The molecule has 2 rings (SSSR count). The van der Waals surface area contributed by atoms with Gasteiger partial charge in [0.2, 0.25) is 0 Å². The maximum absolute atomic E-state index is 5.89. The number of hydrogen-bond acceptors (Lipinski definition) is 4. The van der Waals surface area contributed by atoms with Gasteiger partial charge in [-0.25, -0.2) is 4.98 Å². The second-order valence-electron chi connectivity index (χ2n) is 2.94. The predicted molar refractivity (Wildman–Crippen MR) is 66.2 cm³/mol. The van der Waals surface area contributed by atoms with Crippen LogP contribution >= 0.6 is 22.9 Å². The molecule has 15 heavy (non-hydrogen) atoms. The van der Waals surface area contributed by atoms with Gasteiger partial charge in [0, 0.05) is 18.0 Å². The highest BCUT2D eigenvalue weighted by molar-refractivity contribution is 7.16. The van der Waals surface area contributed by atoms with E-state index in [-0.39, 0.29) is 0 Å². The van der Waals surface area contributed by atoms with E-state index >= 15 is 0 Å². The van der Waals surface area contributed by atoms with E-state index in [9.17, 15) is 0 Å². The van der Waals surface area contributed by atoms with Gasteiger partial charge < -0.3 is 9.64 Å². The molecule has 1 fully saturated rings. The second kappa shape index (κ2) is 6.30. The van der Waals surface area contributed by atoms with Gasteiger partial charge in [0.15, 0.2) is 5.13 Å². The van der Waals surface area contributed by atoms with Crippen LogP contribution in [0.4, 0.5) is 5.13 Å². The maximum Gasteiger partial charge on any atom is 0.187 e. The van der Waals surface area contributed by atoms with Crippen molar-refractivity contribution in [1.82, 2.24) is 4.98 Å². The number of aromatic nitrogens is 1. The SMILES string of the molecule is CC.Cc1sc(N2CCOCC2)nc1Cl. The normalized spacial score (nSPS) is 15.9. The third kappa shape index (κ3) is 3.33. The van der Waals surface area contributed by atoms with Crippen LogP contribution in [-0.4, -0.2) is 31.3 Å². The van der Waals surface area contributed by atoms with Gasteiger partial charge in [-0.15, -0.1) is 11.3 Å². The lowest BCUT2D eigenvalue weighted by Gasteiger charge is -2.25. The fourth-order valence-electron chi connectivity index (χ4n) is 1.25. The van der Waals surface area contributed by atoms with Crippen LogP contribution in [0.1, 0.15) is 18.7 Å². The lowest BCUT2D eigenvalue weighted by molar-refractivity contribution is 0.122. The third-order valence-electron chi connectivity index (χ3n) is 2.01. The summed E-state index contributed by atoms with van der Waals surface area (Å²) in [5.74, 6) is 0. The fraction of sp³-hybridized carbons (Fsp3) is 0.700. The molecule has 0 unspecified atom stereocenters. The molecule has 0 spiro atoms. The first-order chi connectivity index (χ1) is 7.27. The Morgan fingerprint density at radius 1 is 1.33 bits per heavy atom. The summed E-state index contributed by atoms with van der Waals surface area (Å²) in [5, 5.41) is 1.65. The smallest absolute Gasteiger partial charge is 0.187 e. The maximum atomic E-state index is 5.89. The highest BCUT2D eigenvalue weighted by Crippen LogP contribution is 2.28. The number of ether oxygens (including phenoxy) is 1. The van der Waals surface area contributed by atoms with Gasteiger partial charge in [-0.3, -0.25) is 0 Å². The first kappa shape index (κ1) is 12.7. The number of nitrogens with zero attached hydrogens (tertiary/aromatic N) is 2. The van der Waals surface area contributed by atoms with E-state index < -0.39 is 0 Å². The van der Waals surface area contributed by atoms with E-state index in [0.29, 0.717) is 5.15 Å². The van der Waals surface area contributed by atoms with Gasteiger partial charge in [-0.05, 0) is 6.92 Å². The Morgan fingerprint density at radius 3 is 2.40 bits per heavy atom. The lowest BCUT2D eigenvalue weighted by atomic mass is 10.5. The van der Waals surface area contributed by atoms with Crippen LogP contribution < -0.4 is 4.90 Å². The number of thiazole rings is 1. The summed E-state index contributed by atoms with van der Waals surface area (Å²) in [7, 11) is 0. The molecule has 0 bridgehead atoms. The van der Waals surface area contributed by atoms with E-state index in [4.69, 9.17) is 16.3 Å². The van der Waals surface area contributed by atoms with Crippen molar-refractivity contribution in [2.75, 3.05) is 31.2 Å². The Morgan fingerprint density at radius 2 is 1.93 bits per heavy atom. The van der Waals surface area contributed by atoms with Crippen molar-refractivity contribution in [2.24, 2.45) is 0 Å². The molecule has 2 heterocycles. The van der Waals surface area contributed by atoms with Gasteiger partial charge >= 0.3 is 0 Å². The molecule has 3 nitrogen and oxygen atoms in total. The Kier molecular flexibility index (Phi) is 5.36. The van der Waals surface area contributed by atoms with Crippen LogP contribution in [-0.2, 0) is 4.74 Å². The summed E-state index contributed by atoms with van der Waals surface area (Å²) in [6.07, 6.45) is 0. The topological polar surface area (TPSA) is 25.4 Å². The highest BCUT2D eigenvalue weighted by atomic mass is 35.5. The molecule has 86 valence electrons. The minimum absolute atomic E-state index is 0.631. The Hall–Kier alpha value is -0.320. The molecule has 1 aliphatic rings. The molecule has 0 aromatic carbocycles. The highest BCUT2D eigenvalue weighted by Gasteiger charge is 2.15. The number of anilines is 1. The van der Waals surface area contributed by atoms with Crippen LogP contribution in [0.5, 0.6) is 0 Å². The van der Waals surface area contributed by atoms with Crippen molar-refractivity contribution in [3.05, 3.63) is 10.0 Å². The molecular weight excluding hydrogens is 232 g/mol. The van der Waals surface area contributed by atoms with Crippen molar-refractivity contribution in [2.45, 2.75) is 20.8 Å². The van der Waals surface area contributed by atoms with Gasteiger partial charge in [0.05, 0.1) is 13.2 Å². The summed E-state index contributed by atoms with van der Waals surface area (Å²) >= 11 is 7.54. The van der Waals surface area contributed by atoms with Gasteiger partial charge in [-0.1, -0.05) is 25.4 Å². The molecule has 0 atom stereocenters. The molecule has 0 aliphatic carbocycles. The standard InChI is InChI=1S/C8H11ClN2OS.C2H6/c1-6-7(9)10-8(13-6)11-2-4-12-5-3-11;1-2/h2-5H2,1H3;1-2H3. The van der Waals surface area contributed by atoms with E-state index in [1.165, 1.54) is 0 Å². The van der Waals surface area contributed by atoms with Crippen LogP contribution in [0.15, 0.2) is 0 Å². The van der Waals surface area contributed by atoms with Crippen LogP contribution in [0.3, 0.4) is 0 Å². The van der Waals surface area contributed by atoms with Crippen molar-refractivity contribution in [3.63, 3.8) is 0 Å². The number of hydrogen-bond donors (Lipinski definition) is 0. The molecule has 1 saturated heterocycles. The van der Waals surface area contributed by atoms with E-state index in [2.05, 4.69) is 9.88 Å². The van der Waals surface area contributed by atoms with Crippen LogP contribution in [0.25, 0.3) is 0 Å². The Bertz CT molecular complexity index is 278. The zero-order chi connectivity index (χ0) is 11.3. The monoisotopic (exact) mass is 248 g/mol. The van der Waals surface area contributed by atoms with Crippen LogP contribution in [0.2, 0.25) is 5.15 Å². The van der Waals surface area contributed by atoms with Gasteiger partial charge in [-0.2, -0.15) is 0 Å². The van der Waals surface area contributed by atoms with Crippen molar-refractivity contribution >= 4 is 28.1 Å². The zero-order valence-corrected chi connectivity index (χ0v) is 11.0. The number of rotatable bonds is 1. The number of morpholine rings is 1. The predicted octanol–water partition coefficient (Wildman–Crippen LogP) is 2.97. The van der Waals surface area contributed by atoms with Gasteiger partial charge in [0.25, 0.3) is 0 Å². The molecular formula is C10H17ClN2OS. The van der Waals surface area contributed by atoms with Crippen molar-refractivity contribution in [1.29, 1.82) is 0 Å². The second-order valence-corrected chi connectivity index (χ2v) is 4.48. The Balaban J connectivity index is 0.000000531. The molecule has 5 heteroatoms. The largest absolute Gasteiger partial charge is 0.378 e. The molecule has 0 amide bonds. The number of aryl methyl sites for hydroxylation is 1. The zero-order valence-electron chi connectivity index (χ0n) is 9.42. The summed E-state index contributed by atoms with van der Waals surface area (Å²) in [6, 6.07) is 0. The summed E-state index contributed by atoms with van der Waals surface area (Å²) < 4.78 is 5.26. The average Bonchev–Trinajstić information content (AvgIpc) is 2.63. The van der Waals surface area contributed by atoms with Crippen molar-refractivity contribution < 1.29 is 4.74 Å². The Labute approximate surface area is 100 Å². The van der Waals surface area contributed by atoms with Gasteiger partial charge in [0.1, 0.15) is 5.15 Å². The minimum Gasteiger partial charge on any atom is -0.378 e. The van der Waals surface area contributed by atoms with Crippen LogP contribution in [0, 0.1) is 6.92 Å². The third-order valence-corrected chi connectivity index (χ3v) is 3.52. The van der Waals surface area contributed by atoms with E-state index in [0.717, 1.165) is 36.3 Å². The average molecular weight is 249 g/mol.